The fourth-order valence-electron chi connectivity index (χ4n) is 3.37. The maximum atomic E-state index is 13.1. The molecule has 1 aliphatic heterocycles. The van der Waals surface area contributed by atoms with E-state index >= 15 is 0 Å². The molecule has 1 aromatic carbocycles. The van der Waals surface area contributed by atoms with Gasteiger partial charge in [0.05, 0.1) is 30.2 Å². The average molecular weight is 386 g/mol. The number of ether oxygens (including phenoxy) is 1. The molecule has 0 spiro atoms. The molecule has 0 N–H and O–H groups in total. The molecule has 0 aliphatic carbocycles. The van der Waals surface area contributed by atoms with Crippen LogP contribution in [-0.4, -0.2) is 47.2 Å². The number of fused-ring (bicyclic) bond motifs is 1. The van der Waals surface area contributed by atoms with Crippen molar-refractivity contribution < 1.29 is 13.2 Å². The van der Waals surface area contributed by atoms with E-state index in [1.54, 1.807) is 12.4 Å². The van der Waals surface area contributed by atoms with Crippen LogP contribution in [0.25, 0.3) is 10.9 Å². The lowest BCUT2D eigenvalue weighted by atomic mass is 10.1. The van der Waals surface area contributed by atoms with Gasteiger partial charge in [-0.25, -0.2) is 8.42 Å². The zero-order chi connectivity index (χ0) is 18.9. The quantitative estimate of drug-likeness (QED) is 0.673. The summed E-state index contributed by atoms with van der Waals surface area (Å²) in [6.07, 6.45) is 5.06. The van der Waals surface area contributed by atoms with Crippen LogP contribution in [0.15, 0.2) is 48.9 Å². The third-order valence-corrected chi connectivity index (χ3v) is 6.62. The average Bonchev–Trinajstić information content (AvgIpc) is 3.18. The van der Waals surface area contributed by atoms with Gasteiger partial charge >= 0.3 is 0 Å². The van der Waals surface area contributed by atoms with Crippen molar-refractivity contribution >= 4 is 20.9 Å². The van der Waals surface area contributed by atoms with Gasteiger partial charge in [-0.3, -0.25) is 9.67 Å². The molecule has 0 amide bonds. The number of aryl methyl sites for hydroxylation is 1. The van der Waals surface area contributed by atoms with E-state index in [0.717, 1.165) is 28.6 Å². The first-order valence-electron chi connectivity index (χ1n) is 9.01. The highest BCUT2D eigenvalue weighted by molar-refractivity contribution is 7.88. The molecule has 0 saturated carbocycles. The molecule has 27 heavy (non-hydrogen) atoms. The summed E-state index contributed by atoms with van der Waals surface area (Å²) in [7, 11) is -3.48. The van der Waals surface area contributed by atoms with Crippen molar-refractivity contribution in [2.24, 2.45) is 0 Å². The molecule has 1 unspecified atom stereocenters. The number of aromatic nitrogens is 3. The molecule has 3 heterocycles. The Kier molecular flexibility index (Phi) is 4.94. The van der Waals surface area contributed by atoms with E-state index in [-0.39, 0.29) is 11.9 Å². The summed E-state index contributed by atoms with van der Waals surface area (Å²) in [5, 5.41) is 5.20. The van der Waals surface area contributed by atoms with Gasteiger partial charge in [-0.05, 0) is 18.6 Å². The maximum Gasteiger partial charge on any atom is 0.218 e. The topological polar surface area (TPSA) is 77.3 Å². The molecule has 0 radical (unpaired) electrons. The Hall–Kier alpha value is -2.29. The van der Waals surface area contributed by atoms with Gasteiger partial charge in [-0.1, -0.05) is 24.3 Å². The summed E-state index contributed by atoms with van der Waals surface area (Å²) in [5.41, 5.74) is 2.36. The van der Waals surface area contributed by atoms with Crippen LogP contribution >= 0.6 is 0 Å². The predicted molar refractivity (Wildman–Crippen MR) is 103 cm³/mol. The molecular weight excluding hydrogens is 364 g/mol. The van der Waals surface area contributed by atoms with Crippen molar-refractivity contribution in [3.05, 3.63) is 60.0 Å². The fourth-order valence-corrected chi connectivity index (χ4v) is 4.89. The third kappa shape index (κ3) is 3.73. The van der Waals surface area contributed by atoms with Crippen LogP contribution in [0.4, 0.5) is 0 Å². The minimum Gasteiger partial charge on any atom is -0.371 e. The number of hydrogen-bond donors (Lipinski definition) is 0. The minimum atomic E-state index is -3.48. The SMILES string of the molecule is CCn1cc(C2CN(S(=O)(=O)Cc3cccc4cccnc34)CCO2)cn1. The molecule has 1 atom stereocenters. The van der Waals surface area contributed by atoms with E-state index in [2.05, 4.69) is 10.1 Å². The molecule has 7 nitrogen and oxygen atoms in total. The summed E-state index contributed by atoms with van der Waals surface area (Å²) >= 11 is 0. The van der Waals surface area contributed by atoms with Crippen LogP contribution < -0.4 is 0 Å². The Bertz CT molecular complexity index is 1040. The molecular formula is C19H22N4O3S. The van der Waals surface area contributed by atoms with Gasteiger partial charge in [-0.15, -0.1) is 0 Å². The van der Waals surface area contributed by atoms with E-state index in [0.29, 0.717) is 19.7 Å². The molecule has 2 aromatic heterocycles. The second-order valence-corrected chi connectivity index (χ2v) is 8.56. The molecule has 1 saturated heterocycles. The normalized spacial score (nSPS) is 18.8. The van der Waals surface area contributed by atoms with Crippen LogP contribution in [-0.2, 0) is 27.1 Å². The number of morpholine rings is 1. The van der Waals surface area contributed by atoms with Crippen molar-refractivity contribution in [3.63, 3.8) is 0 Å². The largest absolute Gasteiger partial charge is 0.371 e. The van der Waals surface area contributed by atoms with Crippen LogP contribution in [0.2, 0.25) is 0 Å². The second kappa shape index (κ2) is 7.38. The van der Waals surface area contributed by atoms with Crippen molar-refractivity contribution in [1.82, 2.24) is 19.1 Å². The van der Waals surface area contributed by atoms with Gasteiger partial charge in [0.15, 0.2) is 0 Å². The summed E-state index contributed by atoms with van der Waals surface area (Å²) < 4.78 is 35.2. The number of hydrogen-bond acceptors (Lipinski definition) is 5. The summed E-state index contributed by atoms with van der Waals surface area (Å²) in [5.74, 6) is -0.0672. The minimum absolute atomic E-state index is 0.0672. The Morgan fingerprint density at radius 1 is 1.26 bits per heavy atom. The number of sulfonamides is 1. The first-order valence-corrected chi connectivity index (χ1v) is 10.6. The lowest BCUT2D eigenvalue weighted by molar-refractivity contribution is -0.00264. The van der Waals surface area contributed by atoms with Gasteiger partial charge in [-0.2, -0.15) is 9.40 Å². The zero-order valence-electron chi connectivity index (χ0n) is 15.2. The number of para-hydroxylation sites is 1. The number of pyridine rings is 1. The van der Waals surface area contributed by atoms with Crippen molar-refractivity contribution in [1.29, 1.82) is 0 Å². The first kappa shape index (κ1) is 18.1. The van der Waals surface area contributed by atoms with Gasteiger partial charge in [0, 0.05) is 43.0 Å². The highest BCUT2D eigenvalue weighted by Gasteiger charge is 2.31. The highest BCUT2D eigenvalue weighted by atomic mass is 32.2. The molecule has 3 aromatic rings. The van der Waals surface area contributed by atoms with Crippen LogP contribution in [0, 0.1) is 0 Å². The smallest absolute Gasteiger partial charge is 0.218 e. The molecule has 0 bridgehead atoms. The van der Waals surface area contributed by atoms with Crippen molar-refractivity contribution in [3.8, 4) is 0 Å². The first-order chi connectivity index (χ1) is 13.1. The van der Waals surface area contributed by atoms with Gasteiger partial charge in [0.25, 0.3) is 0 Å². The van der Waals surface area contributed by atoms with E-state index < -0.39 is 10.0 Å². The van der Waals surface area contributed by atoms with Crippen LogP contribution in [0.3, 0.4) is 0 Å². The monoisotopic (exact) mass is 386 g/mol. The molecule has 1 aliphatic rings. The van der Waals surface area contributed by atoms with Gasteiger partial charge in [0.2, 0.25) is 10.0 Å². The summed E-state index contributed by atoms with van der Waals surface area (Å²) in [6, 6.07) is 9.43. The lowest BCUT2D eigenvalue weighted by Gasteiger charge is -2.31. The summed E-state index contributed by atoms with van der Waals surface area (Å²) in [4.78, 5) is 4.37. The lowest BCUT2D eigenvalue weighted by Crippen LogP contribution is -2.42. The van der Waals surface area contributed by atoms with Crippen molar-refractivity contribution in [2.45, 2.75) is 25.3 Å². The molecule has 4 rings (SSSR count). The maximum absolute atomic E-state index is 13.1. The van der Waals surface area contributed by atoms with E-state index in [4.69, 9.17) is 4.74 Å². The third-order valence-electron chi connectivity index (χ3n) is 4.83. The molecule has 1 fully saturated rings. The standard InChI is InChI=1S/C19H22N4O3S/c1-2-22-12-17(11-21-22)18-13-23(9-10-26-18)27(24,25)14-16-6-3-5-15-7-4-8-20-19(15)16/h3-8,11-12,18H,2,9-10,13-14H2,1H3. The van der Waals surface area contributed by atoms with Crippen molar-refractivity contribution in [2.75, 3.05) is 19.7 Å². The Morgan fingerprint density at radius 3 is 2.93 bits per heavy atom. The highest BCUT2D eigenvalue weighted by Crippen LogP contribution is 2.26. The van der Waals surface area contributed by atoms with Crippen LogP contribution in [0.5, 0.6) is 0 Å². The van der Waals surface area contributed by atoms with Gasteiger partial charge < -0.3 is 4.74 Å². The van der Waals surface area contributed by atoms with E-state index in [1.807, 2.05) is 48.1 Å². The molecule has 142 valence electrons. The van der Waals surface area contributed by atoms with E-state index in [9.17, 15) is 8.42 Å². The number of rotatable bonds is 5. The Labute approximate surface area is 158 Å². The molecule has 8 heteroatoms. The Morgan fingerprint density at radius 2 is 2.11 bits per heavy atom. The predicted octanol–water partition coefficient (Wildman–Crippen LogP) is 2.35. The number of nitrogens with zero attached hydrogens (tertiary/aromatic N) is 4. The second-order valence-electron chi connectivity index (χ2n) is 6.60. The number of benzene rings is 1. The van der Waals surface area contributed by atoms with Gasteiger partial charge in [0.1, 0.15) is 0 Å². The fraction of sp³-hybridized carbons (Fsp3) is 0.368. The summed E-state index contributed by atoms with van der Waals surface area (Å²) in [6.45, 7) is 3.81. The zero-order valence-corrected chi connectivity index (χ0v) is 16.0. The van der Waals surface area contributed by atoms with Crippen LogP contribution in [0.1, 0.15) is 24.2 Å². The Balaban J connectivity index is 1.56. The van der Waals surface area contributed by atoms with E-state index in [1.165, 1.54) is 4.31 Å².